The molecular weight excluding hydrogens is 380 g/mol. The van der Waals surface area contributed by atoms with Gasteiger partial charge in [0.05, 0.1) is 19.6 Å². The number of rotatable bonds is 6. The fraction of sp³-hybridized carbons (Fsp3) is 0.667. The molecule has 0 radical (unpaired) electrons. The summed E-state index contributed by atoms with van der Waals surface area (Å²) in [6.45, 7) is 6.38. The lowest BCUT2D eigenvalue weighted by atomic mass is 9.73. The summed E-state index contributed by atoms with van der Waals surface area (Å²) in [5.41, 5.74) is 2.00. The molecule has 2 bridgehead atoms. The summed E-state index contributed by atoms with van der Waals surface area (Å²) in [6, 6.07) is 5.84. The molecule has 5 rings (SSSR count). The summed E-state index contributed by atoms with van der Waals surface area (Å²) >= 11 is 0. The second kappa shape index (κ2) is 8.96. The van der Waals surface area contributed by atoms with E-state index in [9.17, 15) is 9.59 Å². The van der Waals surface area contributed by atoms with Gasteiger partial charge < -0.3 is 19.7 Å². The normalized spacial score (nSPS) is 30.5. The zero-order valence-corrected chi connectivity index (χ0v) is 18.2. The average molecular weight is 415 g/mol. The zero-order chi connectivity index (χ0) is 21.1. The summed E-state index contributed by atoms with van der Waals surface area (Å²) in [4.78, 5) is 26.9. The van der Waals surface area contributed by atoms with Crippen molar-refractivity contribution in [2.45, 2.75) is 57.9 Å². The number of methoxy groups -OCH3 is 1. The smallest absolute Gasteiger partial charge is 0.308 e. The zero-order valence-electron chi connectivity index (χ0n) is 18.2. The SMILES string of the molecule is COC(=O)C1CCC(NC(=O)c2ccc(OCC34CCN(CC3)CC4)c(C)c2)CC1. The number of nitrogens with zero attached hydrogens (tertiary/aromatic N) is 1. The van der Waals surface area contributed by atoms with Crippen LogP contribution in [0.5, 0.6) is 5.75 Å². The van der Waals surface area contributed by atoms with Gasteiger partial charge in [0.1, 0.15) is 5.75 Å². The molecule has 0 aromatic heterocycles. The van der Waals surface area contributed by atoms with Crippen LogP contribution in [0.3, 0.4) is 0 Å². The van der Waals surface area contributed by atoms with Gasteiger partial charge >= 0.3 is 5.97 Å². The van der Waals surface area contributed by atoms with E-state index >= 15 is 0 Å². The molecule has 1 amide bonds. The highest BCUT2D eigenvalue weighted by atomic mass is 16.5. The molecule has 3 heterocycles. The van der Waals surface area contributed by atoms with Crippen molar-refractivity contribution in [2.75, 3.05) is 33.4 Å². The summed E-state index contributed by atoms with van der Waals surface area (Å²) in [5, 5.41) is 3.13. The van der Waals surface area contributed by atoms with Crippen LogP contribution in [0.25, 0.3) is 0 Å². The van der Waals surface area contributed by atoms with E-state index in [1.807, 2.05) is 25.1 Å². The average Bonchev–Trinajstić information content (AvgIpc) is 2.79. The Kier molecular flexibility index (Phi) is 6.32. The lowest BCUT2D eigenvalue weighted by Gasteiger charge is -2.48. The van der Waals surface area contributed by atoms with Crippen LogP contribution < -0.4 is 10.1 Å². The topological polar surface area (TPSA) is 67.9 Å². The maximum atomic E-state index is 12.7. The first-order valence-corrected chi connectivity index (χ1v) is 11.3. The Bertz CT molecular complexity index is 764. The van der Waals surface area contributed by atoms with Crippen LogP contribution in [0.2, 0.25) is 0 Å². The number of nitrogens with one attached hydrogen (secondary N) is 1. The number of fused-ring (bicyclic) bond motifs is 3. The molecule has 0 spiro atoms. The molecule has 3 aliphatic heterocycles. The van der Waals surface area contributed by atoms with Gasteiger partial charge in [0, 0.05) is 17.0 Å². The summed E-state index contributed by atoms with van der Waals surface area (Å²) in [5.74, 6) is 0.666. The lowest BCUT2D eigenvalue weighted by Crippen LogP contribution is -2.50. The van der Waals surface area contributed by atoms with Crippen molar-refractivity contribution < 1.29 is 19.1 Å². The van der Waals surface area contributed by atoms with Gasteiger partial charge in [-0.1, -0.05) is 0 Å². The maximum absolute atomic E-state index is 12.7. The molecule has 0 atom stereocenters. The molecule has 3 saturated heterocycles. The number of ether oxygens (including phenoxy) is 2. The number of benzene rings is 1. The molecular formula is C24H34N2O4. The van der Waals surface area contributed by atoms with Crippen molar-refractivity contribution in [3.63, 3.8) is 0 Å². The molecule has 6 nitrogen and oxygen atoms in total. The predicted molar refractivity (Wildman–Crippen MR) is 115 cm³/mol. The monoisotopic (exact) mass is 414 g/mol. The number of hydrogen-bond acceptors (Lipinski definition) is 5. The highest BCUT2D eigenvalue weighted by Crippen LogP contribution is 2.40. The molecule has 1 aromatic rings. The third-order valence-electron chi connectivity index (χ3n) is 7.44. The molecule has 1 N–H and O–H groups in total. The van der Waals surface area contributed by atoms with Crippen molar-refractivity contribution in [3.8, 4) is 5.75 Å². The van der Waals surface area contributed by atoms with E-state index in [4.69, 9.17) is 9.47 Å². The number of aryl methyl sites for hydroxylation is 1. The van der Waals surface area contributed by atoms with Crippen LogP contribution >= 0.6 is 0 Å². The van der Waals surface area contributed by atoms with Crippen molar-refractivity contribution in [3.05, 3.63) is 29.3 Å². The van der Waals surface area contributed by atoms with E-state index in [0.717, 1.165) is 43.6 Å². The second-order valence-corrected chi connectivity index (χ2v) is 9.41. The van der Waals surface area contributed by atoms with Crippen molar-refractivity contribution in [2.24, 2.45) is 11.3 Å². The highest BCUT2D eigenvalue weighted by Gasteiger charge is 2.40. The fourth-order valence-electron chi connectivity index (χ4n) is 5.21. The molecule has 1 aliphatic carbocycles. The number of carbonyl (C=O) groups excluding carboxylic acids is 2. The fourth-order valence-corrected chi connectivity index (χ4v) is 5.21. The summed E-state index contributed by atoms with van der Waals surface area (Å²) < 4.78 is 11.1. The van der Waals surface area contributed by atoms with Gasteiger partial charge in [0.25, 0.3) is 5.91 Å². The van der Waals surface area contributed by atoms with E-state index in [0.29, 0.717) is 11.0 Å². The van der Waals surface area contributed by atoms with Crippen LogP contribution in [0.15, 0.2) is 18.2 Å². The lowest BCUT2D eigenvalue weighted by molar-refractivity contribution is -0.146. The van der Waals surface area contributed by atoms with Crippen LogP contribution in [0.4, 0.5) is 0 Å². The van der Waals surface area contributed by atoms with Gasteiger partial charge in [-0.15, -0.1) is 0 Å². The quantitative estimate of drug-likeness (QED) is 0.724. The predicted octanol–water partition coefficient (Wildman–Crippen LogP) is 3.32. The van der Waals surface area contributed by atoms with Gasteiger partial charge in [-0.2, -0.15) is 0 Å². The standard InChI is InChI=1S/C24H34N2O4/c1-17-15-19(22(27)25-20-6-3-18(4-7-20)23(28)29-2)5-8-21(17)30-16-24-9-12-26(13-10-24)14-11-24/h5,8,15,18,20H,3-4,6-7,9-14,16H2,1-2H3,(H,25,27). The maximum Gasteiger partial charge on any atom is 0.308 e. The number of piperidine rings is 3. The van der Waals surface area contributed by atoms with E-state index in [1.165, 1.54) is 46.0 Å². The van der Waals surface area contributed by atoms with E-state index in [2.05, 4.69) is 10.2 Å². The Morgan fingerprint density at radius 3 is 2.37 bits per heavy atom. The molecule has 6 heteroatoms. The number of carbonyl (C=O) groups is 2. The molecule has 0 unspecified atom stereocenters. The Morgan fingerprint density at radius 1 is 1.10 bits per heavy atom. The molecule has 1 aromatic carbocycles. The van der Waals surface area contributed by atoms with Gasteiger partial charge in [0.15, 0.2) is 0 Å². The molecule has 4 fully saturated rings. The summed E-state index contributed by atoms with van der Waals surface area (Å²) in [7, 11) is 1.43. The van der Waals surface area contributed by atoms with Gasteiger partial charge in [-0.3, -0.25) is 9.59 Å². The van der Waals surface area contributed by atoms with Crippen LogP contribution in [-0.2, 0) is 9.53 Å². The largest absolute Gasteiger partial charge is 0.493 e. The van der Waals surface area contributed by atoms with Crippen LogP contribution in [-0.4, -0.2) is 56.2 Å². The Hall–Kier alpha value is -2.08. The number of amides is 1. The Morgan fingerprint density at radius 2 is 1.77 bits per heavy atom. The Balaban J connectivity index is 1.29. The minimum Gasteiger partial charge on any atom is -0.493 e. The minimum atomic E-state index is -0.135. The Labute approximate surface area is 179 Å². The first-order chi connectivity index (χ1) is 14.5. The van der Waals surface area contributed by atoms with Crippen molar-refractivity contribution in [1.82, 2.24) is 10.2 Å². The van der Waals surface area contributed by atoms with Crippen LogP contribution in [0, 0.1) is 18.3 Å². The van der Waals surface area contributed by atoms with Gasteiger partial charge in [-0.05, 0) is 95.3 Å². The van der Waals surface area contributed by atoms with E-state index in [1.54, 1.807) is 0 Å². The summed E-state index contributed by atoms with van der Waals surface area (Å²) in [6.07, 6.45) is 6.84. The van der Waals surface area contributed by atoms with E-state index in [-0.39, 0.29) is 23.8 Å². The van der Waals surface area contributed by atoms with Crippen LogP contribution in [0.1, 0.15) is 60.9 Å². The highest BCUT2D eigenvalue weighted by molar-refractivity contribution is 5.94. The number of hydrogen-bond donors (Lipinski definition) is 1. The first-order valence-electron chi connectivity index (χ1n) is 11.3. The van der Waals surface area contributed by atoms with Gasteiger partial charge in [0.2, 0.25) is 0 Å². The van der Waals surface area contributed by atoms with Gasteiger partial charge in [-0.25, -0.2) is 0 Å². The minimum absolute atomic E-state index is 0.0299. The molecule has 1 saturated carbocycles. The van der Waals surface area contributed by atoms with Crippen molar-refractivity contribution >= 4 is 11.9 Å². The third-order valence-corrected chi connectivity index (χ3v) is 7.44. The molecule has 30 heavy (non-hydrogen) atoms. The second-order valence-electron chi connectivity index (χ2n) is 9.41. The third kappa shape index (κ3) is 4.64. The first kappa shape index (κ1) is 21.2. The van der Waals surface area contributed by atoms with E-state index < -0.39 is 0 Å². The van der Waals surface area contributed by atoms with Crippen molar-refractivity contribution in [1.29, 1.82) is 0 Å². The molecule has 4 aliphatic rings. The molecule has 164 valence electrons. The number of esters is 1.